The van der Waals surface area contributed by atoms with Gasteiger partial charge in [-0.1, -0.05) is 61.9 Å². The first-order chi connectivity index (χ1) is 11.5. The van der Waals surface area contributed by atoms with Gasteiger partial charge in [-0.15, -0.1) is 0 Å². The molecule has 0 aromatic heterocycles. The lowest BCUT2D eigenvalue weighted by atomic mass is 10.2. The van der Waals surface area contributed by atoms with Crippen molar-refractivity contribution in [2.45, 2.75) is 32.1 Å². The van der Waals surface area contributed by atoms with Crippen LogP contribution in [0.5, 0.6) is 5.75 Å². The summed E-state index contributed by atoms with van der Waals surface area (Å²) < 4.78 is 18.0. The zero-order chi connectivity index (χ0) is 17.4. The first kappa shape index (κ1) is 18.7. The van der Waals surface area contributed by atoms with Gasteiger partial charge in [-0.3, -0.25) is 9.88 Å². The van der Waals surface area contributed by atoms with E-state index in [1.807, 2.05) is 37.3 Å². The van der Waals surface area contributed by atoms with Crippen LogP contribution >= 0.6 is 7.60 Å². The number of hydrogen-bond donors (Lipinski definition) is 3. The van der Waals surface area contributed by atoms with E-state index >= 15 is 0 Å². The summed E-state index contributed by atoms with van der Waals surface area (Å²) in [6.07, 6.45) is 1.58. The Morgan fingerprint density at radius 3 is 2.46 bits per heavy atom. The number of phenolic OH excluding ortho intramolecular Hbond substituents is 1. The molecule has 2 rings (SSSR count). The van der Waals surface area contributed by atoms with Crippen LogP contribution in [0, 0.1) is 0 Å². The zero-order valence-corrected chi connectivity index (χ0v) is 14.7. The van der Waals surface area contributed by atoms with Gasteiger partial charge in [0, 0.05) is 12.1 Å². The molecule has 2 unspecified atom stereocenters. The maximum absolute atomic E-state index is 12.7. The summed E-state index contributed by atoms with van der Waals surface area (Å²) in [5, 5.41) is 13.1. The number of phenols is 1. The number of para-hydroxylation sites is 1. The molecule has 0 fully saturated rings. The smallest absolute Gasteiger partial charge is 0.349 e. The highest BCUT2D eigenvalue weighted by atomic mass is 31.2. The van der Waals surface area contributed by atoms with E-state index in [-0.39, 0.29) is 12.4 Å². The summed E-state index contributed by atoms with van der Waals surface area (Å²) in [5.74, 6) is -1.02. The number of aromatic hydroxyl groups is 1. The van der Waals surface area contributed by atoms with Crippen molar-refractivity contribution in [3.63, 3.8) is 0 Å². The molecule has 0 heterocycles. The van der Waals surface area contributed by atoms with Gasteiger partial charge in [0.25, 0.3) is 0 Å². The van der Waals surface area contributed by atoms with Crippen molar-refractivity contribution in [1.82, 2.24) is 5.32 Å². The van der Waals surface area contributed by atoms with Crippen molar-refractivity contribution in [2.24, 2.45) is 0 Å². The third-order valence-electron chi connectivity index (χ3n) is 3.67. The SMILES string of the molecule is CCCCOP(=O)(O)C(NCc1ccccc1)c1ccccc1O. The second kappa shape index (κ2) is 9.00. The molecule has 6 heteroatoms. The molecule has 0 saturated heterocycles. The Morgan fingerprint density at radius 1 is 1.12 bits per heavy atom. The minimum absolute atomic E-state index is 0.0311. The van der Waals surface area contributed by atoms with Crippen molar-refractivity contribution < 1.29 is 19.1 Å². The van der Waals surface area contributed by atoms with Gasteiger partial charge in [0.1, 0.15) is 11.5 Å². The molecule has 24 heavy (non-hydrogen) atoms. The predicted molar refractivity (Wildman–Crippen MR) is 94.8 cm³/mol. The van der Waals surface area contributed by atoms with Crippen LogP contribution in [-0.2, 0) is 15.6 Å². The predicted octanol–water partition coefficient (Wildman–Crippen LogP) is 4.18. The lowest BCUT2D eigenvalue weighted by molar-refractivity contribution is 0.241. The minimum atomic E-state index is -3.99. The maximum Gasteiger partial charge on any atom is 0.349 e. The standard InChI is InChI=1S/C18H24NO4P/c1-2-3-13-23-24(21,22)18(16-11-7-8-12-17(16)20)19-14-15-9-5-4-6-10-15/h4-12,18-20H,2-3,13-14H2,1H3,(H,21,22). The number of unbranched alkanes of at least 4 members (excludes halogenated alkanes) is 1. The molecule has 2 aromatic carbocycles. The van der Waals surface area contributed by atoms with Gasteiger partial charge in [0.05, 0.1) is 6.61 Å². The summed E-state index contributed by atoms with van der Waals surface area (Å²) >= 11 is 0. The van der Waals surface area contributed by atoms with Crippen molar-refractivity contribution in [3.8, 4) is 5.75 Å². The molecule has 3 N–H and O–H groups in total. The van der Waals surface area contributed by atoms with E-state index in [0.29, 0.717) is 18.5 Å². The fraction of sp³-hybridized carbons (Fsp3) is 0.333. The average Bonchev–Trinajstić information content (AvgIpc) is 2.57. The highest BCUT2D eigenvalue weighted by Gasteiger charge is 2.35. The number of rotatable bonds is 9. The monoisotopic (exact) mass is 349 g/mol. The first-order valence-electron chi connectivity index (χ1n) is 8.07. The summed E-state index contributed by atoms with van der Waals surface area (Å²) in [6.45, 7) is 2.59. The molecule has 5 nitrogen and oxygen atoms in total. The molecule has 2 aromatic rings. The third kappa shape index (κ3) is 5.18. The number of benzene rings is 2. The van der Waals surface area contributed by atoms with E-state index in [1.165, 1.54) is 6.07 Å². The molecule has 0 amide bonds. The largest absolute Gasteiger partial charge is 0.508 e. The summed E-state index contributed by atoms with van der Waals surface area (Å²) in [6, 6.07) is 16.1. The summed E-state index contributed by atoms with van der Waals surface area (Å²) in [4.78, 5) is 10.4. The van der Waals surface area contributed by atoms with Gasteiger partial charge in [-0.25, -0.2) is 0 Å². The molecule has 0 aliphatic rings. The Kier molecular flexibility index (Phi) is 7.00. The van der Waals surface area contributed by atoms with Crippen LogP contribution in [-0.4, -0.2) is 16.6 Å². The molecule has 0 aliphatic heterocycles. The summed E-state index contributed by atoms with van der Waals surface area (Å²) in [7, 11) is -3.99. The molecule has 0 bridgehead atoms. The van der Waals surface area contributed by atoms with Gasteiger partial charge in [-0.2, -0.15) is 0 Å². The summed E-state index contributed by atoms with van der Waals surface area (Å²) in [5.41, 5.74) is 1.34. The molecule has 2 atom stereocenters. The molecular formula is C18H24NO4P. The normalized spacial score (nSPS) is 14.9. The van der Waals surface area contributed by atoms with Crippen molar-refractivity contribution in [3.05, 3.63) is 65.7 Å². The first-order valence-corrected chi connectivity index (χ1v) is 9.71. The van der Waals surface area contributed by atoms with Crippen LogP contribution in [0.2, 0.25) is 0 Å². The van der Waals surface area contributed by atoms with Crippen LogP contribution in [0.15, 0.2) is 54.6 Å². The van der Waals surface area contributed by atoms with Gasteiger partial charge >= 0.3 is 7.60 Å². The highest BCUT2D eigenvalue weighted by molar-refractivity contribution is 7.53. The van der Waals surface area contributed by atoms with E-state index in [4.69, 9.17) is 4.52 Å². The van der Waals surface area contributed by atoms with Crippen LogP contribution in [0.25, 0.3) is 0 Å². The van der Waals surface area contributed by atoms with E-state index in [2.05, 4.69) is 5.32 Å². The molecule has 0 saturated carbocycles. The van der Waals surface area contributed by atoms with Gasteiger partial charge < -0.3 is 14.5 Å². The lowest BCUT2D eigenvalue weighted by Crippen LogP contribution is -2.22. The van der Waals surface area contributed by atoms with Crippen LogP contribution in [0.4, 0.5) is 0 Å². The van der Waals surface area contributed by atoms with E-state index in [1.54, 1.807) is 18.2 Å². The lowest BCUT2D eigenvalue weighted by Gasteiger charge is -2.25. The van der Waals surface area contributed by atoms with Crippen molar-refractivity contribution >= 4 is 7.60 Å². The van der Waals surface area contributed by atoms with Gasteiger partial charge in [0.15, 0.2) is 0 Å². The fourth-order valence-electron chi connectivity index (χ4n) is 2.34. The highest BCUT2D eigenvalue weighted by Crippen LogP contribution is 2.56. The maximum atomic E-state index is 12.7. The average molecular weight is 349 g/mol. The van der Waals surface area contributed by atoms with Crippen molar-refractivity contribution in [2.75, 3.05) is 6.61 Å². The van der Waals surface area contributed by atoms with Crippen LogP contribution in [0.3, 0.4) is 0 Å². The van der Waals surface area contributed by atoms with E-state index in [9.17, 15) is 14.6 Å². The van der Waals surface area contributed by atoms with E-state index in [0.717, 1.165) is 12.0 Å². The van der Waals surface area contributed by atoms with Gasteiger partial charge in [0.2, 0.25) is 0 Å². The van der Waals surface area contributed by atoms with Crippen LogP contribution in [0.1, 0.15) is 36.7 Å². The topological polar surface area (TPSA) is 78.8 Å². The molecular weight excluding hydrogens is 325 g/mol. The molecule has 0 radical (unpaired) electrons. The van der Waals surface area contributed by atoms with Crippen LogP contribution < -0.4 is 5.32 Å². The van der Waals surface area contributed by atoms with Crippen molar-refractivity contribution in [1.29, 1.82) is 0 Å². The minimum Gasteiger partial charge on any atom is -0.508 e. The molecule has 0 spiro atoms. The zero-order valence-electron chi connectivity index (χ0n) is 13.8. The Morgan fingerprint density at radius 2 is 1.79 bits per heavy atom. The number of hydrogen-bond acceptors (Lipinski definition) is 4. The molecule has 130 valence electrons. The van der Waals surface area contributed by atoms with Gasteiger partial charge in [-0.05, 0) is 18.1 Å². The van der Waals surface area contributed by atoms with E-state index < -0.39 is 13.4 Å². The molecule has 0 aliphatic carbocycles. The Bertz CT molecular complexity index is 678. The Hall–Kier alpha value is -1.65. The Balaban J connectivity index is 2.21. The second-order valence-electron chi connectivity index (χ2n) is 5.58. The fourth-order valence-corrected chi connectivity index (χ4v) is 3.78. The third-order valence-corrected chi connectivity index (χ3v) is 5.34. The second-order valence-corrected chi connectivity index (χ2v) is 7.48. The number of nitrogens with one attached hydrogen (secondary N) is 1. The Labute approximate surface area is 142 Å². The quantitative estimate of drug-likeness (QED) is 0.467.